The molecule has 1 fully saturated rings. The lowest BCUT2D eigenvalue weighted by atomic mass is 10.3. The molecule has 2 N–H and O–H groups in total. The van der Waals surface area contributed by atoms with Crippen LogP contribution in [0.4, 0.5) is 0 Å². The average Bonchev–Trinajstić information content (AvgIpc) is 3.15. The Labute approximate surface area is 145 Å². The third kappa shape index (κ3) is 3.82. The van der Waals surface area contributed by atoms with Gasteiger partial charge in [-0.3, -0.25) is 9.69 Å². The summed E-state index contributed by atoms with van der Waals surface area (Å²) in [6, 6.07) is 0. The van der Waals surface area contributed by atoms with Crippen molar-refractivity contribution in [2.75, 3.05) is 32.7 Å². The van der Waals surface area contributed by atoms with E-state index < -0.39 is 0 Å². The number of thiazole rings is 1. The molecule has 2 aromatic rings. The molecule has 1 aliphatic heterocycles. The van der Waals surface area contributed by atoms with Crippen LogP contribution in [0, 0.1) is 13.8 Å². The van der Waals surface area contributed by atoms with Crippen LogP contribution in [0.2, 0.25) is 0 Å². The van der Waals surface area contributed by atoms with E-state index in [0.29, 0.717) is 31.9 Å². The van der Waals surface area contributed by atoms with Crippen LogP contribution < -0.4 is 5.73 Å². The van der Waals surface area contributed by atoms with Crippen molar-refractivity contribution in [3.63, 3.8) is 0 Å². The van der Waals surface area contributed by atoms with Crippen molar-refractivity contribution in [3.8, 4) is 0 Å². The Bertz CT molecular complexity index is 684. The number of aryl methyl sites for hydroxylation is 2. The van der Waals surface area contributed by atoms with Gasteiger partial charge in [-0.25, -0.2) is 9.97 Å². The number of nitrogens with two attached hydrogens (primary N) is 1. The van der Waals surface area contributed by atoms with Crippen molar-refractivity contribution >= 4 is 17.2 Å². The SMILES string of the molecule is Cc1nc(CN2CCN(C(=O)c3csc(CCN)n3)CC2)oc1C. The Kier molecular flexibility index (Phi) is 5.27. The molecule has 8 heteroatoms. The summed E-state index contributed by atoms with van der Waals surface area (Å²) in [5, 5.41) is 2.76. The highest BCUT2D eigenvalue weighted by Gasteiger charge is 2.24. The van der Waals surface area contributed by atoms with E-state index in [1.165, 1.54) is 11.3 Å². The molecule has 0 unspecified atom stereocenters. The van der Waals surface area contributed by atoms with Crippen LogP contribution in [-0.2, 0) is 13.0 Å². The summed E-state index contributed by atoms with van der Waals surface area (Å²) in [4.78, 5) is 25.4. The molecule has 0 bridgehead atoms. The normalized spacial score (nSPS) is 15.9. The van der Waals surface area contributed by atoms with Gasteiger partial charge in [0.2, 0.25) is 5.89 Å². The van der Waals surface area contributed by atoms with Crippen molar-refractivity contribution in [3.05, 3.63) is 33.4 Å². The fraction of sp³-hybridized carbons (Fsp3) is 0.562. The molecule has 0 atom stereocenters. The van der Waals surface area contributed by atoms with Crippen molar-refractivity contribution in [2.24, 2.45) is 5.73 Å². The molecule has 0 aliphatic carbocycles. The maximum atomic E-state index is 12.5. The Balaban J connectivity index is 1.53. The van der Waals surface area contributed by atoms with Crippen LogP contribution in [-0.4, -0.2) is 58.4 Å². The van der Waals surface area contributed by atoms with Gasteiger partial charge >= 0.3 is 0 Å². The first kappa shape index (κ1) is 17.1. The minimum atomic E-state index is 0.0111. The second kappa shape index (κ2) is 7.42. The quantitative estimate of drug-likeness (QED) is 0.873. The molecule has 7 nitrogen and oxygen atoms in total. The Morgan fingerprint density at radius 2 is 2.04 bits per heavy atom. The van der Waals surface area contributed by atoms with Gasteiger partial charge in [0.15, 0.2) is 0 Å². The van der Waals surface area contributed by atoms with Gasteiger partial charge in [-0.1, -0.05) is 0 Å². The number of aromatic nitrogens is 2. The molecule has 1 amide bonds. The van der Waals surface area contributed by atoms with Crippen LogP contribution in [0.1, 0.15) is 32.8 Å². The summed E-state index contributed by atoms with van der Waals surface area (Å²) in [6.45, 7) is 8.13. The highest BCUT2D eigenvalue weighted by Crippen LogP contribution is 2.15. The fourth-order valence-corrected chi connectivity index (χ4v) is 3.50. The molecule has 0 aromatic carbocycles. The van der Waals surface area contributed by atoms with Gasteiger partial charge in [0.05, 0.1) is 17.2 Å². The summed E-state index contributed by atoms with van der Waals surface area (Å²) >= 11 is 1.50. The molecule has 2 aromatic heterocycles. The van der Waals surface area contributed by atoms with E-state index in [4.69, 9.17) is 10.2 Å². The molecule has 3 rings (SSSR count). The highest BCUT2D eigenvalue weighted by atomic mass is 32.1. The number of carbonyl (C=O) groups excluding carboxylic acids is 1. The molecule has 0 saturated carbocycles. The van der Waals surface area contributed by atoms with Crippen LogP contribution >= 0.6 is 11.3 Å². The van der Waals surface area contributed by atoms with Crippen LogP contribution in [0.3, 0.4) is 0 Å². The second-order valence-electron chi connectivity index (χ2n) is 5.98. The predicted molar refractivity (Wildman–Crippen MR) is 92.0 cm³/mol. The number of amides is 1. The predicted octanol–water partition coefficient (Wildman–Crippen LogP) is 1.21. The van der Waals surface area contributed by atoms with E-state index in [2.05, 4.69) is 14.9 Å². The van der Waals surface area contributed by atoms with Crippen LogP contribution in [0.5, 0.6) is 0 Å². The Morgan fingerprint density at radius 3 is 2.67 bits per heavy atom. The molecule has 0 radical (unpaired) electrons. The second-order valence-corrected chi connectivity index (χ2v) is 6.93. The van der Waals surface area contributed by atoms with Crippen molar-refractivity contribution in [1.82, 2.24) is 19.8 Å². The van der Waals surface area contributed by atoms with Gasteiger partial charge in [-0.15, -0.1) is 11.3 Å². The molecule has 130 valence electrons. The largest absolute Gasteiger partial charge is 0.444 e. The number of oxazole rings is 1. The first-order valence-electron chi connectivity index (χ1n) is 8.16. The zero-order valence-electron chi connectivity index (χ0n) is 14.1. The van der Waals surface area contributed by atoms with Gasteiger partial charge in [0.25, 0.3) is 5.91 Å². The Hall–Kier alpha value is -1.77. The van der Waals surface area contributed by atoms with Crippen molar-refractivity contribution in [1.29, 1.82) is 0 Å². The van der Waals surface area contributed by atoms with Gasteiger partial charge in [0.1, 0.15) is 11.5 Å². The summed E-state index contributed by atoms with van der Waals surface area (Å²) < 4.78 is 5.63. The minimum absolute atomic E-state index is 0.0111. The maximum absolute atomic E-state index is 12.5. The van der Waals surface area contributed by atoms with Crippen molar-refractivity contribution in [2.45, 2.75) is 26.8 Å². The van der Waals surface area contributed by atoms with E-state index in [-0.39, 0.29) is 5.91 Å². The molecule has 24 heavy (non-hydrogen) atoms. The highest BCUT2D eigenvalue weighted by molar-refractivity contribution is 7.09. The summed E-state index contributed by atoms with van der Waals surface area (Å²) in [5.41, 5.74) is 7.01. The molecule has 1 aliphatic rings. The average molecular weight is 349 g/mol. The maximum Gasteiger partial charge on any atom is 0.273 e. The van der Waals surface area contributed by atoms with Crippen LogP contribution in [0.25, 0.3) is 0 Å². The number of carbonyl (C=O) groups is 1. The van der Waals surface area contributed by atoms with Gasteiger partial charge in [-0.05, 0) is 20.4 Å². The van der Waals surface area contributed by atoms with Gasteiger partial charge in [0, 0.05) is 38.0 Å². The third-order valence-corrected chi connectivity index (χ3v) is 5.13. The first-order chi connectivity index (χ1) is 11.6. The van der Waals surface area contributed by atoms with E-state index in [1.54, 1.807) is 0 Å². The third-order valence-electron chi connectivity index (χ3n) is 4.22. The number of rotatable bonds is 5. The van der Waals surface area contributed by atoms with E-state index in [0.717, 1.165) is 41.9 Å². The number of hydrogen-bond donors (Lipinski definition) is 1. The van der Waals surface area contributed by atoms with Gasteiger partial charge < -0.3 is 15.1 Å². The number of nitrogens with zero attached hydrogens (tertiary/aromatic N) is 4. The molecule has 1 saturated heterocycles. The molecular formula is C16H23N5O2S. The first-order valence-corrected chi connectivity index (χ1v) is 9.04. The monoisotopic (exact) mass is 349 g/mol. The van der Waals surface area contributed by atoms with E-state index in [1.807, 2.05) is 24.1 Å². The molecular weight excluding hydrogens is 326 g/mol. The standard InChI is InChI=1S/C16H23N5O2S/c1-11-12(2)23-14(18-11)9-20-5-7-21(8-6-20)16(22)13-10-24-15(19-13)3-4-17/h10H,3-9,17H2,1-2H3. The fourth-order valence-electron chi connectivity index (χ4n) is 2.72. The topological polar surface area (TPSA) is 88.5 Å². The summed E-state index contributed by atoms with van der Waals surface area (Å²) in [7, 11) is 0. The molecule has 0 spiro atoms. The lowest BCUT2D eigenvalue weighted by Crippen LogP contribution is -2.48. The minimum Gasteiger partial charge on any atom is -0.444 e. The summed E-state index contributed by atoms with van der Waals surface area (Å²) in [6.07, 6.45) is 0.723. The Morgan fingerprint density at radius 1 is 1.29 bits per heavy atom. The zero-order chi connectivity index (χ0) is 17.1. The zero-order valence-corrected chi connectivity index (χ0v) is 14.9. The van der Waals surface area contributed by atoms with E-state index >= 15 is 0 Å². The van der Waals surface area contributed by atoms with E-state index in [9.17, 15) is 4.79 Å². The smallest absolute Gasteiger partial charge is 0.273 e. The lowest BCUT2D eigenvalue weighted by molar-refractivity contribution is 0.0612. The number of hydrogen-bond acceptors (Lipinski definition) is 7. The van der Waals surface area contributed by atoms with Gasteiger partial charge in [-0.2, -0.15) is 0 Å². The summed E-state index contributed by atoms with van der Waals surface area (Å²) in [5.74, 6) is 1.63. The molecule has 3 heterocycles. The lowest BCUT2D eigenvalue weighted by Gasteiger charge is -2.33. The number of piperazine rings is 1. The van der Waals surface area contributed by atoms with Crippen molar-refractivity contribution < 1.29 is 9.21 Å². The van der Waals surface area contributed by atoms with Crippen LogP contribution in [0.15, 0.2) is 9.80 Å².